The molecule has 0 aliphatic heterocycles. The van der Waals surface area contributed by atoms with E-state index in [1.54, 1.807) is 0 Å². The SMILES string of the molecule is CCC(C)(C)C(=O)OC1(C(C)C)CCCCCC1.CCC(C)(C)C(=O)OC1(C(C)C)CCCCCCC1.CCC(C)(C)C(=O)OC1(C)CCCCCC1.CCC(C)(C)C(=O)OC1(C)CCCCCCC1.CCC1(OC(=O)C(C)(C)CC)CCCCCC1.CCC1(OC(=O)C(C)(C)CC)CCCCCCC1. The van der Waals surface area contributed by atoms with Crippen molar-refractivity contribution in [3.05, 3.63) is 0 Å². The van der Waals surface area contributed by atoms with Crippen molar-refractivity contribution in [2.75, 3.05) is 0 Å². The van der Waals surface area contributed by atoms with E-state index in [4.69, 9.17) is 28.4 Å². The van der Waals surface area contributed by atoms with Gasteiger partial charge in [0.05, 0.1) is 32.5 Å². The quantitative estimate of drug-likeness (QED) is 0.0575. The lowest BCUT2D eigenvalue weighted by Gasteiger charge is -2.40. The van der Waals surface area contributed by atoms with Crippen LogP contribution in [0.5, 0.6) is 0 Å². The third kappa shape index (κ3) is 35.0. The molecule has 6 aliphatic carbocycles. The molecule has 618 valence electrons. The van der Waals surface area contributed by atoms with Gasteiger partial charge in [0.15, 0.2) is 0 Å². The molecule has 0 aromatic heterocycles. The van der Waals surface area contributed by atoms with Crippen molar-refractivity contribution in [1.82, 2.24) is 0 Å². The third-order valence-electron chi connectivity index (χ3n) is 26.9. The lowest BCUT2D eigenvalue weighted by atomic mass is 9.78. The summed E-state index contributed by atoms with van der Waals surface area (Å²) in [6.45, 7) is 53.4. The molecule has 0 aromatic carbocycles. The van der Waals surface area contributed by atoms with E-state index >= 15 is 0 Å². The van der Waals surface area contributed by atoms with Crippen LogP contribution in [0.25, 0.3) is 0 Å². The fraction of sp³-hybridized carbons (Fsp3) is 0.935. The van der Waals surface area contributed by atoms with Gasteiger partial charge in [-0.15, -0.1) is 0 Å². The summed E-state index contributed by atoms with van der Waals surface area (Å²) in [5.41, 5.74) is -3.27. The number of ether oxygens (including phenoxy) is 6. The van der Waals surface area contributed by atoms with Gasteiger partial charge in [0.25, 0.3) is 0 Å². The Morgan fingerprint density at radius 3 is 0.562 bits per heavy atom. The molecule has 0 N–H and O–H groups in total. The first-order chi connectivity index (χ1) is 48.9. The van der Waals surface area contributed by atoms with Gasteiger partial charge >= 0.3 is 35.8 Å². The molecular formula is C93H174O12. The van der Waals surface area contributed by atoms with E-state index in [2.05, 4.69) is 76.2 Å². The molecule has 0 spiro atoms. The second kappa shape index (κ2) is 47.2. The first kappa shape index (κ1) is 99.8. The summed E-state index contributed by atoms with van der Waals surface area (Å²) < 4.78 is 35.6. The van der Waals surface area contributed by atoms with Crippen molar-refractivity contribution in [3.63, 3.8) is 0 Å². The normalized spacial score (nSPS) is 20.9. The van der Waals surface area contributed by atoms with Gasteiger partial charge in [-0.2, -0.15) is 0 Å². The van der Waals surface area contributed by atoms with Gasteiger partial charge in [0.1, 0.15) is 33.6 Å². The second-order valence-corrected chi connectivity index (χ2v) is 38.7. The standard InChI is InChI=1S/C17H32O2.2C16H30O2.2C15H28O2.C14H26O2/c1-6-16(4,5)15(18)19-17(14(2)3)12-10-8-7-9-11-13-17;1-6-15(4,5)14(17)18-16(13(2)3)11-9-7-8-10-12-16;1-5-15(3,4)14(17)18-16(6-2)12-10-8-7-9-11-13-16;1-5-14(2,3)13(16)17-15(4)11-9-7-6-8-10-12-15;1-5-14(3,4)13(16)17-15(6-2)11-9-7-8-10-12-15;1-5-13(2,3)12(15)16-14(4)10-8-6-7-9-11-14/h14H,6-13H2,1-5H3;13H,6-12H2,1-5H3;5-13H2,1-4H3;2*5-12H2,1-4H3;5-11H2,1-4H3. The molecule has 12 nitrogen and oxygen atoms in total. The predicted molar refractivity (Wildman–Crippen MR) is 439 cm³/mol. The van der Waals surface area contributed by atoms with Crippen LogP contribution in [0.4, 0.5) is 0 Å². The third-order valence-corrected chi connectivity index (χ3v) is 26.9. The Morgan fingerprint density at radius 1 is 0.238 bits per heavy atom. The molecule has 12 heteroatoms. The monoisotopic (exact) mass is 1480 g/mol. The van der Waals surface area contributed by atoms with Gasteiger partial charge in [-0.25, -0.2) is 0 Å². The maximum atomic E-state index is 12.4. The summed E-state index contributed by atoms with van der Waals surface area (Å²) in [6.07, 6.45) is 53.1. The Labute approximate surface area is 649 Å². The van der Waals surface area contributed by atoms with E-state index in [0.717, 1.165) is 128 Å². The Kier molecular flexibility index (Phi) is 44.9. The smallest absolute Gasteiger partial charge is 0.312 e. The Balaban J connectivity index is 0.000000630. The van der Waals surface area contributed by atoms with Crippen molar-refractivity contribution < 1.29 is 57.2 Å². The van der Waals surface area contributed by atoms with Crippen LogP contribution >= 0.6 is 0 Å². The minimum Gasteiger partial charge on any atom is -0.459 e. The number of hydrogen-bond acceptors (Lipinski definition) is 12. The van der Waals surface area contributed by atoms with Crippen LogP contribution in [0.3, 0.4) is 0 Å². The van der Waals surface area contributed by atoms with Gasteiger partial charge in [0.2, 0.25) is 0 Å². The van der Waals surface area contributed by atoms with Crippen LogP contribution in [-0.2, 0) is 57.2 Å². The van der Waals surface area contributed by atoms with Crippen molar-refractivity contribution in [3.8, 4) is 0 Å². The summed E-state index contributed by atoms with van der Waals surface area (Å²) in [5, 5.41) is 0. The second-order valence-electron chi connectivity index (χ2n) is 38.7. The Bertz CT molecular complexity index is 2410. The Hall–Kier alpha value is -3.18. The number of hydrogen-bond donors (Lipinski definition) is 0. The minimum absolute atomic E-state index is 0.00702. The first-order valence-electron chi connectivity index (χ1n) is 44.3. The van der Waals surface area contributed by atoms with E-state index in [9.17, 15) is 28.8 Å². The zero-order valence-corrected chi connectivity index (χ0v) is 74.3. The minimum atomic E-state index is -0.357. The topological polar surface area (TPSA) is 158 Å². The molecule has 6 fully saturated rings. The number of carbonyl (C=O) groups excluding carboxylic acids is 6. The molecule has 6 rings (SSSR count). The molecule has 0 bridgehead atoms. The summed E-state index contributed by atoms with van der Waals surface area (Å²) in [7, 11) is 0. The van der Waals surface area contributed by atoms with E-state index < -0.39 is 0 Å². The number of esters is 6. The zero-order chi connectivity index (χ0) is 80.1. The largest absolute Gasteiger partial charge is 0.459 e. The van der Waals surface area contributed by atoms with E-state index in [-0.39, 0.29) is 102 Å². The molecule has 105 heavy (non-hydrogen) atoms. The van der Waals surface area contributed by atoms with Crippen LogP contribution in [0.2, 0.25) is 0 Å². The van der Waals surface area contributed by atoms with Crippen LogP contribution < -0.4 is 0 Å². The van der Waals surface area contributed by atoms with Gasteiger partial charge in [-0.1, -0.05) is 179 Å². The van der Waals surface area contributed by atoms with Crippen molar-refractivity contribution in [2.45, 2.75) is 515 Å². The highest BCUT2D eigenvalue weighted by Gasteiger charge is 2.45. The lowest BCUT2D eigenvalue weighted by Crippen LogP contribution is -2.44. The predicted octanol–water partition coefficient (Wildman–Crippen LogP) is 27.7. The van der Waals surface area contributed by atoms with Crippen molar-refractivity contribution >= 4 is 35.8 Å². The molecule has 0 radical (unpaired) electrons. The summed E-state index contributed by atoms with van der Waals surface area (Å²) >= 11 is 0. The van der Waals surface area contributed by atoms with Crippen LogP contribution in [0.1, 0.15) is 482 Å². The highest BCUT2D eigenvalue weighted by Crippen LogP contribution is 2.43. The van der Waals surface area contributed by atoms with E-state index in [1.807, 2.05) is 104 Å². The average molecular weight is 1480 g/mol. The zero-order valence-electron chi connectivity index (χ0n) is 74.3. The van der Waals surface area contributed by atoms with E-state index in [0.29, 0.717) is 11.8 Å². The average Bonchev–Trinajstić information content (AvgIpc) is 1.61. The molecular weight excluding hydrogens is 1310 g/mol. The van der Waals surface area contributed by atoms with Gasteiger partial charge in [-0.3, -0.25) is 28.8 Å². The van der Waals surface area contributed by atoms with Gasteiger partial charge in [0, 0.05) is 0 Å². The van der Waals surface area contributed by atoms with Crippen LogP contribution in [-0.4, -0.2) is 69.4 Å². The molecule has 0 aromatic rings. The van der Waals surface area contributed by atoms with Crippen molar-refractivity contribution in [2.24, 2.45) is 44.3 Å². The summed E-state index contributed by atoms with van der Waals surface area (Å²) in [5.74, 6) is 0.720. The fourth-order valence-corrected chi connectivity index (χ4v) is 14.6. The Morgan fingerprint density at radius 2 is 0.390 bits per heavy atom. The maximum Gasteiger partial charge on any atom is 0.312 e. The molecule has 6 aliphatic rings. The van der Waals surface area contributed by atoms with Crippen LogP contribution in [0, 0.1) is 44.3 Å². The van der Waals surface area contributed by atoms with Crippen LogP contribution in [0.15, 0.2) is 0 Å². The van der Waals surface area contributed by atoms with Gasteiger partial charge < -0.3 is 28.4 Å². The summed E-state index contributed by atoms with van der Waals surface area (Å²) in [6, 6.07) is 0. The summed E-state index contributed by atoms with van der Waals surface area (Å²) in [4.78, 5) is 73.5. The molecule has 0 unspecified atom stereocenters. The van der Waals surface area contributed by atoms with E-state index in [1.165, 1.54) is 173 Å². The highest BCUT2D eigenvalue weighted by atomic mass is 16.6. The first-order valence-corrected chi connectivity index (χ1v) is 44.3. The lowest BCUT2D eigenvalue weighted by molar-refractivity contribution is -0.179. The molecule has 0 heterocycles. The maximum absolute atomic E-state index is 12.4. The highest BCUT2D eigenvalue weighted by molar-refractivity contribution is 5.78. The number of rotatable bonds is 22. The molecule has 0 atom stereocenters. The molecule has 6 saturated carbocycles. The number of carbonyl (C=O) groups is 6. The molecule has 0 amide bonds. The molecule has 0 saturated heterocycles. The van der Waals surface area contributed by atoms with Crippen molar-refractivity contribution in [1.29, 1.82) is 0 Å². The van der Waals surface area contributed by atoms with Gasteiger partial charge in [-0.05, 0) is 314 Å². The fourth-order valence-electron chi connectivity index (χ4n) is 14.6.